The van der Waals surface area contributed by atoms with Gasteiger partial charge in [-0.2, -0.15) is 0 Å². The highest BCUT2D eigenvalue weighted by Gasteiger charge is 2.04. The largest absolute Gasteiger partial charge is 0.493 e. The summed E-state index contributed by atoms with van der Waals surface area (Å²) in [5, 5.41) is 12.4. The van der Waals surface area contributed by atoms with Gasteiger partial charge in [-0.3, -0.25) is 4.79 Å². The number of carbonyl (C=O) groups is 1. The molecule has 2 aromatic carbocycles. The number of amides is 1. The molecule has 0 saturated heterocycles. The maximum absolute atomic E-state index is 11.8. The van der Waals surface area contributed by atoms with E-state index in [-0.39, 0.29) is 25.5 Å². The van der Waals surface area contributed by atoms with Gasteiger partial charge >= 0.3 is 0 Å². The highest BCUT2D eigenvalue weighted by Crippen LogP contribution is 2.16. The molecule has 5 heteroatoms. The van der Waals surface area contributed by atoms with Gasteiger partial charge in [-0.15, -0.1) is 0 Å². The van der Waals surface area contributed by atoms with Crippen LogP contribution in [0.3, 0.4) is 0 Å². The minimum atomic E-state index is -0.140. The Hall–Kier alpha value is -2.04. The van der Waals surface area contributed by atoms with Crippen LogP contribution in [0, 0.1) is 0 Å². The van der Waals surface area contributed by atoms with Crippen LogP contribution in [-0.2, 0) is 11.4 Å². The lowest BCUT2D eigenvalue weighted by Gasteiger charge is -2.08. The first-order valence-corrected chi connectivity index (χ1v) is 6.93. The number of aliphatic hydroxyl groups excluding tert-OH is 1. The molecule has 0 fully saturated rings. The van der Waals surface area contributed by atoms with Gasteiger partial charge in [0, 0.05) is 10.7 Å². The zero-order valence-corrected chi connectivity index (χ0v) is 12.1. The molecule has 2 aromatic rings. The molecule has 4 nitrogen and oxygen atoms in total. The van der Waals surface area contributed by atoms with Crippen molar-refractivity contribution in [2.24, 2.45) is 0 Å². The monoisotopic (exact) mass is 305 g/mol. The summed E-state index contributed by atoms with van der Waals surface area (Å²) in [6, 6.07) is 14.1. The summed E-state index contributed by atoms with van der Waals surface area (Å²) >= 11 is 5.77. The quantitative estimate of drug-likeness (QED) is 0.861. The molecule has 2 N–H and O–H groups in total. The third kappa shape index (κ3) is 5.10. The number of aliphatic hydroxyl groups is 1. The van der Waals surface area contributed by atoms with Crippen LogP contribution >= 0.6 is 11.6 Å². The van der Waals surface area contributed by atoms with Gasteiger partial charge in [0.1, 0.15) is 5.75 Å². The van der Waals surface area contributed by atoms with E-state index in [9.17, 15) is 4.79 Å². The van der Waals surface area contributed by atoms with Gasteiger partial charge < -0.3 is 15.2 Å². The predicted molar refractivity (Wildman–Crippen MR) is 82.6 cm³/mol. The lowest BCUT2D eigenvalue weighted by atomic mass is 10.2. The van der Waals surface area contributed by atoms with E-state index in [0.717, 1.165) is 5.56 Å². The van der Waals surface area contributed by atoms with Crippen molar-refractivity contribution in [3.05, 3.63) is 59.1 Å². The normalized spacial score (nSPS) is 10.2. The average Bonchev–Trinajstić information content (AvgIpc) is 2.49. The predicted octanol–water partition coefficient (Wildman–Crippen LogP) is 3.24. The number of benzene rings is 2. The van der Waals surface area contributed by atoms with Crippen molar-refractivity contribution < 1.29 is 14.6 Å². The number of nitrogens with one attached hydrogen (secondary N) is 1. The fraction of sp³-hybridized carbons (Fsp3) is 0.188. The standard InChI is InChI=1S/C16H16ClNO3/c17-13-4-6-15(7-5-13)21-9-8-16(20)18-14-3-1-2-12(10-14)11-19/h1-7,10,19H,8-9,11H2,(H,18,20). The Morgan fingerprint density at radius 2 is 1.95 bits per heavy atom. The third-order valence-electron chi connectivity index (χ3n) is 2.80. The van der Waals surface area contributed by atoms with Gasteiger partial charge in [-0.05, 0) is 42.0 Å². The molecule has 0 aliphatic rings. The first-order valence-electron chi connectivity index (χ1n) is 6.55. The van der Waals surface area contributed by atoms with Gasteiger partial charge in [0.25, 0.3) is 0 Å². The van der Waals surface area contributed by atoms with Crippen molar-refractivity contribution in [2.45, 2.75) is 13.0 Å². The summed E-state index contributed by atoms with van der Waals surface area (Å²) < 4.78 is 5.45. The Morgan fingerprint density at radius 3 is 2.67 bits per heavy atom. The molecular formula is C16H16ClNO3. The number of rotatable bonds is 6. The summed E-state index contributed by atoms with van der Waals surface area (Å²) in [7, 11) is 0. The average molecular weight is 306 g/mol. The topological polar surface area (TPSA) is 58.6 Å². The molecule has 0 spiro atoms. The highest BCUT2D eigenvalue weighted by atomic mass is 35.5. The van der Waals surface area contributed by atoms with Crippen molar-refractivity contribution in [3.8, 4) is 5.75 Å². The molecule has 110 valence electrons. The highest BCUT2D eigenvalue weighted by molar-refractivity contribution is 6.30. The van der Waals surface area contributed by atoms with E-state index in [2.05, 4.69) is 5.32 Å². The van der Waals surface area contributed by atoms with Crippen LogP contribution in [-0.4, -0.2) is 17.6 Å². The number of halogens is 1. The Kier molecular flexibility index (Phi) is 5.60. The second-order valence-corrected chi connectivity index (χ2v) is 4.90. The van der Waals surface area contributed by atoms with Crippen LogP contribution in [0.25, 0.3) is 0 Å². The molecule has 2 rings (SSSR count). The number of hydrogen-bond acceptors (Lipinski definition) is 3. The summed E-state index contributed by atoms with van der Waals surface area (Å²) in [5.41, 5.74) is 1.42. The van der Waals surface area contributed by atoms with Gasteiger partial charge in [-0.1, -0.05) is 23.7 Å². The van der Waals surface area contributed by atoms with Gasteiger partial charge in [0.05, 0.1) is 19.6 Å². The first kappa shape index (κ1) is 15.4. The fourth-order valence-electron chi connectivity index (χ4n) is 1.76. The maximum atomic E-state index is 11.8. The molecule has 21 heavy (non-hydrogen) atoms. The SMILES string of the molecule is O=C(CCOc1ccc(Cl)cc1)Nc1cccc(CO)c1. The smallest absolute Gasteiger partial charge is 0.227 e. The van der Waals surface area contributed by atoms with Crippen molar-refractivity contribution >= 4 is 23.2 Å². The van der Waals surface area contributed by atoms with Crippen LogP contribution in [0.4, 0.5) is 5.69 Å². The summed E-state index contributed by atoms with van der Waals surface area (Å²) in [4.78, 5) is 11.8. The molecule has 1 amide bonds. The Morgan fingerprint density at radius 1 is 1.19 bits per heavy atom. The van der Waals surface area contributed by atoms with Crippen LogP contribution in [0.1, 0.15) is 12.0 Å². The van der Waals surface area contributed by atoms with E-state index in [4.69, 9.17) is 21.4 Å². The van der Waals surface area contributed by atoms with E-state index < -0.39 is 0 Å². The van der Waals surface area contributed by atoms with E-state index in [1.54, 1.807) is 48.5 Å². The number of carbonyl (C=O) groups excluding carboxylic acids is 1. The lowest BCUT2D eigenvalue weighted by molar-refractivity contribution is -0.116. The van der Waals surface area contributed by atoms with Crippen molar-refractivity contribution in [1.82, 2.24) is 0 Å². The van der Waals surface area contributed by atoms with Crippen molar-refractivity contribution in [1.29, 1.82) is 0 Å². The molecule has 0 radical (unpaired) electrons. The summed E-state index contributed by atoms with van der Waals surface area (Å²) in [5.74, 6) is 0.536. The molecule has 0 aliphatic carbocycles. The number of hydrogen-bond donors (Lipinski definition) is 2. The van der Waals surface area contributed by atoms with E-state index in [0.29, 0.717) is 16.5 Å². The summed E-state index contributed by atoms with van der Waals surface area (Å²) in [6.45, 7) is 0.233. The minimum absolute atomic E-state index is 0.0522. The second-order valence-electron chi connectivity index (χ2n) is 4.46. The second kappa shape index (κ2) is 7.67. The zero-order chi connectivity index (χ0) is 15.1. The molecule has 0 aliphatic heterocycles. The van der Waals surface area contributed by atoms with E-state index in [1.807, 2.05) is 0 Å². The minimum Gasteiger partial charge on any atom is -0.493 e. The molecule has 0 aromatic heterocycles. The van der Waals surface area contributed by atoms with Crippen LogP contribution in [0.2, 0.25) is 5.02 Å². The molecule has 0 heterocycles. The fourth-order valence-corrected chi connectivity index (χ4v) is 1.89. The molecule has 0 saturated carbocycles. The van der Waals surface area contributed by atoms with E-state index >= 15 is 0 Å². The first-order chi connectivity index (χ1) is 10.2. The van der Waals surface area contributed by atoms with Gasteiger partial charge in [-0.25, -0.2) is 0 Å². The van der Waals surface area contributed by atoms with Gasteiger partial charge in [0.15, 0.2) is 0 Å². The third-order valence-corrected chi connectivity index (χ3v) is 3.06. The maximum Gasteiger partial charge on any atom is 0.227 e. The Balaban J connectivity index is 1.78. The number of anilines is 1. The van der Waals surface area contributed by atoms with Crippen LogP contribution < -0.4 is 10.1 Å². The van der Waals surface area contributed by atoms with E-state index in [1.165, 1.54) is 0 Å². The molecule has 0 atom stereocenters. The van der Waals surface area contributed by atoms with Crippen molar-refractivity contribution in [2.75, 3.05) is 11.9 Å². The summed E-state index contributed by atoms with van der Waals surface area (Å²) in [6.07, 6.45) is 0.242. The number of ether oxygens (including phenoxy) is 1. The van der Waals surface area contributed by atoms with Gasteiger partial charge in [0.2, 0.25) is 5.91 Å². The Bertz CT molecular complexity index is 599. The van der Waals surface area contributed by atoms with Crippen LogP contribution in [0.5, 0.6) is 5.75 Å². The zero-order valence-electron chi connectivity index (χ0n) is 11.4. The lowest BCUT2D eigenvalue weighted by Crippen LogP contribution is -2.15. The molecule has 0 unspecified atom stereocenters. The molecule has 0 bridgehead atoms. The van der Waals surface area contributed by atoms with Crippen LogP contribution in [0.15, 0.2) is 48.5 Å². The molecular weight excluding hydrogens is 290 g/mol. The Labute approximate surface area is 128 Å². The van der Waals surface area contributed by atoms with Crippen molar-refractivity contribution in [3.63, 3.8) is 0 Å².